The van der Waals surface area contributed by atoms with Crippen LogP contribution in [0.5, 0.6) is 0 Å². The van der Waals surface area contributed by atoms with Gasteiger partial charge in [0.2, 0.25) is 0 Å². The Balaban J connectivity index is 2.89. The average Bonchev–Trinajstić information content (AvgIpc) is 2.38. The molecule has 0 aromatic heterocycles. The van der Waals surface area contributed by atoms with Crippen LogP contribution in [0.4, 0.5) is 0 Å². The number of ether oxygens (including phenoxy) is 2. The molecule has 0 spiro atoms. The third-order valence-corrected chi connectivity index (χ3v) is 3.55. The molecule has 1 fully saturated rings. The van der Waals surface area contributed by atoms with Crippen LogP contribution < -0.4 is 0 Å². The summed E-state index contributed by atoms with van der Waals surface area (Å²) in [7, 11) is 0. The van der Waals surface area contributed by atoms with Gasteiger partial charge in [0.15, 0.2) is 5.79 Å². The Bertz CT molecular complexity index is 296. The van der Waals surface area contributed by atoms with E-state index in [1.165, 1.54) is 5.57 Å². The number of hydrogen-bond acceptors (Lipinski definition) is 2. The highest BCUT2D eigenvalue weighted by atomic mass is 127. The summed E-state index contributed by atoms with van der Waals surface area (Å²) in [6.45, 7) is 5.90. The second kappa shape index (κ2) is 5.62. The minimum Gasteiger partial charge on any atom is -0.340 e. The van der Waals surface area contributed by atoms with Gasteiger partial charge in [-0.05, 0) is 68.4 Å². The van der Waals surface area contributed by atoms with Gasteiger partial charge in [0, 0.05) is 0 Å². The molecule has 1 saturated heterocycles. The fraction of sp³-hybridized carbons (Fsp3) is 0.600. The lowest BCUT2D eigenvalue weighted by molar-refractivity contribution is -0.139. The molecule has 0 saturated carbocycles. The van der Waals surface area contributed by atoms with Gasteiger partial charge in [0.1, 0.15) is 12.2 Å². The maximum atomic E-state index is 5.83. The van der Waals surface area contributed by atoms with E-state index in [2.05, 4.69) is 54.5 Å². The largest absolute Gasteiger partial charge is 0.340 e. The van der Waals surface area contributed by atoms with E-state index in [0.29, 0.717) is 0 Å². The van der Waals surface area contributed by atoms with E-state index in [1.807, 2.05) is 30.9 Å². The molecule has 2 nitrogen and oxygen atoms in total. The second-order valence-electron chi connectivity index (χ2n) is 3.83. The highest BCUT2D eigenvalue weighted by molar-refractivity contribution is 14.1. The molecule has 0 unspecified atom stereocenters. The summed E-state index contributed by atoms with van der Waals surface area (Å²) in [4.78, 5) is 0. The minimum atomic E-state index is -0.526. The predicted molar refractivity (Wildman–Crippen MR) is 77.5 cm³/mol. The molecule has 1 heterocycles. The zero-order valence-electron chi connectivity index (χ0n) is 8.76. The first-order chi connectivity index (χ1) is 6.85. The Morgan fingerprint density at radius 3 is 2.40 bits per heavy atom. The van der Waals surface area contributed by atoms with Crippen molar-refractivity contribution in [3.63, 3.8) is 0 Å². The molecule has 1 aliphatic rings. The van der Waals surface area contributed by atoms with E-state index in [4.69, 9.17) is 9.47 Å². The molecule has 0 aromatic carbocycles. The molecule has 0 aliphatic carbocycles. The van der Waals surface area contributed by atoms with Crippen LogP contribution in [0.1, 0.15) is 20.8 Å². The quantitative estimate of drug-likeness (QED) is 0.576. The van der Waals surface area contributed by atoms with Crippen LogP contribution in [0.25, 0.3) is 0 Å². The van der Waals surface area contributed by atoms with Crippen molar-refractivity contribution in [3.05, 3.63) is 19.1 Å². The maximum Gasteiger partial charge on any atom is 0.164 e. The number of halogens is 3. The monoisotopic (exact) mass is 450 g/mol. The first-order valence-corrected chi connectivity index (χ1v) is 7.34. The first-order valence-electron chi connectivity index (χ1n) is 4.51. The van der Waals surface area contributed by atoms with Crippen molar-refractivity contribution in [2.75, 3.05) is 0 Å². The SMILES string of the molecule is C/C(=C\I)[C@H]1OC(C)(C)O[C@@H]1C=C(Br)Br. The third-order valence-electron chi connectivity index (χ3n) is 2.04. The molecule has 0 amide bonds. The number of rotatable bonds is 2. The van der Waals surface area contributed by atoms with Crippen LogP contribution in [0.3, 0.4) is 0 Å². The van der Waals surface area contributed by atoms with Crippen molar-refractivity contribution in [1.29, 1.82) is 0 Å². The van der Waals surface area contributed by atoms with Gasteiger partial charge in [-0.3, -0.25) is 0 Å². The standard InChI is InChI=1S/C10H13Br2IO2/c1-6(5-13)9-7(4-8(11)12)14-10(2,3)15-9/h4-5,7,9H,1-3H3/b6-5+/t7-,9-/m1/s1. The van der Waals surface area contributed by atoms with Gasteiger partial charge in [0.05, 0.1) is 3.39 Å². The van der Waals surface area contributed by atoms with Crippen LogP contribution in [-0.2, 0) is 9.47 Å². The molecule has 0 N–H and O–H groups in total. The summed E-state index contributed by atoms with van der Waals surface area (Å²) in [5, 5.41) is 0. The molecular formula is C10H13Br2IO2. The van der Waals surface area contributed by atoms with Crippen LogP contribution in [0.2, 0.25) is 0 Å². The van der Waals surface area contributed by atoms with Crippen molar-refractivity contribution in [2.45, 2.75) is 38.8 Å². The second-order valence-corrected chi connectivity index (χ2v) is 7.23. The van der Waals surface area contributed by atoms with Crippen molar-refractivity contribution in [3.8, 4) is 0 Å². The summed E-state index contributed by atoms with van der Waals surface area (Å²) in [5.41, 5.74) is 1.17. The highest BCUT2D eigenvalue weighted by Gasteiger charge is 2.40. The summed E-state index contributed by atoms with van der Waals surface area (Å²) in [6, 6.07) is 0. The number of hydrogen-bond donors (Lipinski definition) is 0. The van der Waals surface area contributed by atoms with Crippen LogP contribution >= 0.6 is 54.5 Å². The highest BCUT2D eigenvalue weighted by Crippen LogP contribution is 2.34. The molecule has 0 radical (unpaired) electrons. The lowest BCUT2D eigenvalue weighted by Crippen LogP contribution is -2.22. The predicted octanol–water partition coefficient (Wildman–Crippen LogP) is 4.48. The van der Waals surface area contributed by atoms with Gasteiger partial charge >= 0.3 is 0 Å². The average molecular weight is 452 g/mol. The minimum absolute atomic E-state index is 0.0120. The van der Waals surface area contributed by atoms with E-state index in [-0.39, 0.29) is 12.2 Å². The molecule has 1 rings (SSSR count). The van der Waals surface area contributed by atoms with E-state index >= 15 is 0 Å². The Hall–Kier alpha value is 1.09. The molecule has 0 bridgehead atoms. The molecule has 1 aliphatic heterocycles. The van der Waals surface area contributed by atoms with Crippen LogP contribution in [0.15, 0.2) is 19.1 Å². The van der Waals surface area contributed by atoms with Gasteiger partial charge in [-0.1, -0.05) is 22.6 Å². The third kappa shape index (κ3) is 4.11. The summed E-state index contributed by atoms with van der Waals surface area (Å²) in [6.07, 6.45) is 1.89. The summed E-state index contributed by atoms with van der Waals surface area (Å²) < 4.78 is 14.5. The van der Waals surface area contributed by atoms with Crippen LogP contribution in [0, 0.1) is 0 Å². The topological polar surface area (TPSA) is 18.5 Å². The molecule has 2 atom stereocenters. The Labute approximate surface area is 121 Å². The molecular weight excluding hydrogens is 439 g/mol. The zero-order valence-corrected chi connectivity index (χ0v) is 14.1. The van der Waals surface area contributed by atoms with Gasteiger partial charge in [0.25, 0.3) is 0 Å². The Morgan fingerprint density at radius 1 is 1.33 bits per heavy atom. The lowest BCUT2D eigenvalue weighted by Gasteiger charge is -2.16. The Kier molecular flexibility index (Phi) is 5.30. The van der Waals surface area contributed by atoms with E-state index in [0.717, 1.165) is 3.39 Å². The maximum absolute atomic E-state index is 5.83. The van der Waals surface area contributed by atoms with Crippen molar-refractivity contribution < 1.29 is 9.47 Å². The fourth-order valence-corrected chi connectivity index (χ4v) is 2.33. The molecule has 86 valence electrons. The molecule has 0 aromatic rings. The van der Waals surface area contributed by atoms with Crippen LogP contribution in [-0.4, -0.2) is 18.0 Å². The molecule has 5 heteroatoms. The van der Waals surface area contributed by atoms with Crippen molar-refractivity contribution in [1.82, 2.24) is 0 Å². The zero-order chi connectivity index (χ0) is 11.6. The van der Waals surface area contributed by atoms with E-state index in [9.17, 15) is 0 Å². The van der Waals surface area contributed by atoms with E-state index < -0.39 is 5.79 Å². The fourth-order valence-electron chi connectivity index (χ4n) is 1.45. The van der Waals surface area contributed by atoms with Gasteiger partial charge in [-0.25, -0.2) is 0 Å². The smallest absolute Gasteiger partial charge is 0.164 e. The van der Waals surface area contributed by atoms with Gasteiger partial charge in [-0.15, -0.1) is 0 Å². The first kappa shape index (κ1) is 14.2. The van der Waals surface area contributed by atoms with Gasteiger partial charge < -0.3 is 9.47 Å². The summed E-state index contributed by atoms with van der Waals surface area (Å²) >= 11 is 8.90. The normalized spacial score (nSPS) is 30.4. The summed E-state index contributed by atoms with van der Waals surface area (Å²) in [5.74, 6) is -0.526. The van der Waals surface area contributed by atoms with Crippen molar-refractivity contribution in [2.24, 2.45) is 0 Å². The molecule has 15 heavy (non-hydrogen) atoms. The Morgan fingerprint density at radius 2 is 1.93 bits per heavy atom. The van der Waals surface area contributed by atoms with Crippen molar-refractivity contribution >= 4 is 54.5 Å². The van der Waals surface area contributed by atoms with Gasteiger partial charge in [-0.2, -0.15) is 0 Å². The lowest BCUT2D eigenvalue weighted by atomic mass is 10.1. The van der Waals surface area contributed by atoms with E-state index in [1.54, 1.807) is 0 Å².